The van der Waals surface area contributed by atoms with Crippen molar-refractivity contribution >= 4 is 29.1 Å². The highest BCUT2D eigenvalue weighted by Crippen LogP contribution is 2.28. The quantitative estimate of drug-likeness (QED) is 0.792. The van der Waals surface area contributed by atoms with Crippen LogP contribution in [0, 0.1) is 5.92 Å². The van der Waals surface area contributed by atoms with Gasteiger partial charge in [-0.25, -0.2) is 4.98 Å². The maximum absolute atomic E-state index is 12.4. The van der Waals surface area contributed by atoms with E-state index in [1.807, 2.05) is 11.8 Å². The van der Waals surface area contributed by atoms with Gasteiger partial charge in [0, 0.05) is 19.3 Å². The highest BCUT2D eigenvalue weighted by atomic mass is 35.5. The Morgan fingerprint density at radius 2 is 2.22 bits per heavy atom. The van der Waals surface area contributed by atoms with Crippen LogP contribution < -0.4 is 0 Å². The zero-order valence-electron chi connectivity index (χ0n) is 10.3. The second-order valence-electron chi connectivity index (χ2n) is 4.63. The minimum atomic E-state index is -0.0568. The standard InChI is InChI=1S/C13H16Cl2N2O/c1-2-17(8-9-4-3-5-9)13(18)10-6-12(15)16-7-11(10)14/h6-7,9H,2-5,8H2,1H3. The van der Waals surface area contributed by atoms with Crippen molar-refractivity contribution in [2.75, 3.05) is 13.1 Å². The minimum Gasteiger partial charge on any atom is -0.339 e. The van der Waals surface area contributed by atoms with Crippen LogP contribution in [0.5, 0.6) is 0 Å². The molecule has 1 amide bonds. The fourth-order valence-corrected chi connectivity index (χ4v) is 2.43. The normalized spacial score (nSPS) is 15.3. The topological polar surface area (TPSA) is 33.2 Å². The molecule has 1 aliphatic rings. The number of hydrogen-bond donors (Lipinski definition) is 0. The summed E-state index contributed by atoms with van der Waals surface area (Å²) >= 11 is 11.8. The maximum atomic E-state index is 12.4. The number of rotatable bonds is 4. The number of carbonyl (C=O) groups excluding carboxylic acids is 1. The van der Waals surface area contributed by atoms with Crippen LogP contribution in [0.2, 0.25) is 10.2 Å². The van der Waals surface area contributed by atoms with Crippen LogP contribution >= 0.6 is 23.2 Å². The summed E-state index contributed by atoms with van der Waals surface area (Å²) in [6, 6.07) is 1.54. The Labute approximate surface area is 117 Å². The van der Waals surface area contributed by atoms with Crippen molar-refractivity contribution in [1.82, 2.24) is 9.88 Å². The Balaban J connectivity index is 2.14. The summed E-state index contributed by atoms with van der Waals surface area (Å²) in [5.41, 5.74) is 0.442. The average Bonchev–Trinajstić information content (AvgIpc) is 2.30. The molecule has 2 rings (SSSR count). The van der Waals surface area contributed by atoms with Gasteiger partial charge in [-0.15, -0.1) is 0 Å². The van der Waals surface area contributed by atoms with Crippen LogP contribution in [0.15, 0.2) is 12.3 Å². The third-order valence-corrected chi connectivity index (χ3v) is 3.93. The molecular weight excluding hydrogens is 271 g/mol. The highest BCUT2D eigenvalue weighted by molar-refractivity contribution is 6.35. The van der Waals surface area contributed by atoms with Gasteiger partial charge in [0.05, 0.1) is 10.6 Å². The van der Waals surface area contributed by atoms with Crippen LogP contribution in [0.3, 0.4) is 0 Å². The molecule has 1 aliphatic carbocycles. The van der Waals surface area contributed by atoms with Crippen molar-refractivity contribution < 1.29 is 4.79 Å². The van der Waals surface area contributed by atoms with Crippen LogP contribution in [0.25, 0.3) is 0 Å². The van der Waals surface area contributed by atoms with E-state index in [4.69, 9.17) is 23.2 Å². The Morgan fingerprint density at radius 1 is 1.50 bits per heavy atom. The van der Waals surface area contributed by atoms with Gasteiger partial charge in [-0.2, -0.15) is 0 Å². The number of carbonyl (C=O) groups is 1. The Morgan fingerprint density at radius 3 is 2.78 bits per heavy atom. The van der Waals surface area contributed by atoms with E-state index in [1.165, 1.54) is 31.5 Å². The molecule has 0 radical (unpaired) electrons. The van der Waals surface area contributed by atoms with E-state index in [-0.39, 0.29) is 5.91 Å². The van der Waals surface area contributed by atoms with E-state index in [2.05, 4.69) is 4.98 Å². The van der Waals surface area contributed by atoms with Crippen LogP contribution in [0.1, 0.15) is 36.5 Å². The van der Waals surface area contributed by atoms with Gasteiger partial charge in [-0.3, -0.25) is 4.79 Å². The van der Waals surface area contributed by atoms with Crippen molar-refractivity contribution in [1.29, 1.82) is 0 Å². The van der Waals surface area contributed by atoms with Gasteiger partial charge in [0.2, 0.25) is 0 Å². The fraction of sp³-hybridized carbons (Fsp3) is 0.538. The van der Waals surface area contributed by atoms with Crippen molar-refractivity contribution in [3.05, 3.63) is 28.0 Å². The number of aromatic nitrogens is 1. The molecule has 0 N–H and O–H groups in total. The Kier molecular flexibility index (Phi) is 4.46. The molecule has 18 heavy (non-hydrogen) atoms. The molecular formula is C13H16Cl2N2O. The molecule has 0 aliphatic heterocycles. The molecule has 1 fully saturated rings. The molecule has 98 valence electrons. The first-order valence-electron chi connectivity index (χ1n) is 6.22. The second kappa shape index (κ2) is 5.89. The molecule has 0 bridgehead atoms. The van der Waals surface area contributed by atoms with Crippen molar-refractivity contribution in [3.8, 4) is 0 Å². The van der Waals surface area contributed by atoms with Crippen molar-refractivity contribution in [2.24, 2.45) is 5.92 Å². The first kappa shape index (κ1) is 13.6. The summed E-state index contributed by atoms with van der Waals surface area (Å²) < 4.78 is 0. The van der Waals surface area contributed by atoms with Crippen LogP contribution in [0.4, 0.5) is 0 Å². The lowest BCUT2D eigenvalue weighted by atomic mass is 9.85. The molecule has 0 spiro atoms. The predicted octanol–water partition coefficient (Wildman–Crippen LogP) is 3.65. The molecule has 0 saturated heterocycles. The van der Waals surface area contributed by atoms with Gasteiger partial charge in [-0.05, 0) is 31.7 Å². The molecule has 3 nitrogen and oxygen atoms in total. The largest absolute Gasteiger partial charge is 0.339 e. The molecule has 5 heteroatoms. The Hall–Kier alpha value is -0.800. The van der Waals surface area contributed by atoms with E-state index in [1.54, 1.807) is 0 Å². The van der Waals surface area contributed by atoms with Gasteiger partial charge in [0.25, 0.3) is 5.91 Å². The molecule has 1 aromatic heterocycles. The highest BCUT2D eigenvalue weighted by Gasteiger charge is 2.24. The third-order valence-electron chi connectivity index (χ3n) is 3.42. The van der Waals surface area contributed by atoms with E-state index in [9.17, 15) is 4.79 Å². The van der Waals surface area contributed by atoms with Gasteiger partial charge in [0.1, 0.15) is 5.15 Å². The minimum absolute atomic E-state index is 0.0568. The first-order valence-corrected chi connectivity index (χ1v) is 6.97. The smallest absolute Gasteiger partial charge is 0.255 e. The average molecular weight is 287 g/mol. The molecule has 1 saturated carbocycles. The van der Waals surface area contributed by atoms with E-state index in [0.29, 0.717) is 28.2 Å². The monoisotopic (exact) mass is 286 g/mol. The summed E-state index contributed by atoms with van der Waals surface area (Å²) in [4.78, 5) is 18.1. The number of amides is 1. The molecule has 1 aromatic rings. The fourth-order valence-electron chi connectivity index (χ4n) is 2.09. The SMILES string of the molecule is CCN(CC1CCC1)C(=O)c1cc(Cl)ncc1Cl. The zero-order valence-corrected chi connectivity index (χ0v) is 11.8. The summed E-state index contributed by atoms with van der Waals surface area (Å²) in [5.74, 6) is 0.587. The van der Waals surface area contributed by atoms with Crippen LogP contribution in [-0.2, 0) is 0 Å². The van der Waals surface area contributed by atoms with Gasteiger partial charge in [0.15, 0.2) is 0 Å². The van der Waals surface area contributed by atoms with Gasteiger partial charge < -0.3 is 4.90 Å². The van der Waals surface area contributed by atoms with Crippen LogP contribution in [-0.4, -0.2) is 28.9 Å². The molecule has 0 atom stereocenters. The van der Waals surface area contributed by atoms with Gasteiger partial charge in [-0.1, -0.05) is 29.6 Å². The van der Waals surface area contributed by atoms with Crippen molar-refractivity contribution in [2.45, 2.75) is 26.2 Å². The zero-order chi connectivity index (χ0) is 13.1. The lowest BCUT2D eigenvalue weighted by molar-refractivity contribution is 0.0706. The molecule has 0 unspecified atom stereocenters. The number of hydrogen-bond acceptors (Lipinski definition) is 2. The first-order chi connectivity index (χ1) is 8.61. The van der Waals surface area contributed by atoms with E-state index in [0.717, 1.165) is 6.54 Å². The van der Waals surface area contributed by atoms with E-state index >= 15 is 0 Å². The summed E-state index contributed by atoms with van der Waals surface area (Å²) in [6.07, 6.45) is 5.13. The predicted molar refractivity (Wildman–Crippen MR) is 73.2 cm³/mol. The maximum Gasteiger partial charge on any atom is 0.255 e. The summed E-state index contributed by atoms with van der Waals surface area (Å²) in [5, 5.41) is 0.652. The summed E-state index contributed by atoms with van der Waals surface area (Å²) in [7, 11) is 0. The number of nitrogens with zero attached hydrogens (tertiary/aromatic N) is 2. The molecule has 1 heterocycles. The lowest BCUT2D eigenvalue weighted by Gasteiger charge is -2.32. The third kappa shape index (κ3) is 2.96. The summed E-state index contributed by atoms with van der Waals surface area (Å²) in [6.45, 7) is 3.48. The second-order valence-corrected chi connectivity index (χ2v) is 5.42. The van der Waals surface area contributed by atoms with Gasteiger partial charge >= 0.3 is 0 Å². The number of halogens is 2. The number of pyridine rings is 1. The molecule has 0 aromatic carbocycles. The lowest BCUT2D eigenvalue weighted by Crippen LogP contribution is -2.37. The van der Waals surface area contributed by atoms with Crippen molar-refractivity contribution in [3.63, 3.8) is 0 Å². The Bertz CT molecular complexity index is 447. The van der Waals surface area contributed by atoms with E-state index < -0.39 is 0 Å².